The summed E-state index contributed by atoms with van der Waals surface area (Å²) in [5.74, 6) is -0.745. The minimum absolute atomic E-state index is 0.207. The maximum Gasteiger partial charge on any atom is 0.407 e. The second-order valence-corrected chi connectivity index (χ2v) is 6.18. The summed E-state index contributed by atoms with van der Waals surface area (Å²) in [6.45, 7) is 3.80. The molecule has 0 bridgehead atoms. The third-order valence-corrected chi connectivity index (χ3v) is 3.95. The number of amides is 1. The summed E-state index contributed by atoms with van der Waals surface area (Å²) in [5.41, 5.74) is 0.920. The van der Waals surface area contributed by atoms with Crippen molar-refractivity contribution in [1.29, 1.82) is 0 Å². The van der Waals surface area contributed by atoms with Crippen LogP contribution >= 0.6 is 0 Å². The van der Waals surface area contributed by atoms with Crippen molar-refractivity contribution in [1.82, 2.24) is 5.32 Å². The Bertz CT molecular complexity index is 533. The summed E-state index contributed by atoms with van der Waals surface area (Å²) < 4.78 is 16.6. The lowest BCUT2D eigenvalue weighted by Crippen LogP contribution is -2.43. The van der Waals surface area contributed by atoms with Gasteiger partial charge in [0.2, 0.25) is 0 Å². The van der Waals surface area contributed by atoms with E-state index in [1.54, 1.807) is 13.8 Å². The minimum Gasteiger partial charge on any atom is -0.445 e. The Balaban J connectivity index is 1.53. The molecule has 0 spiro atoms. The Morgan fingerprint density at radius 2 is 2.00 bits per heavy atom. The van der Waals surface area contributed by atoms with E-state index < -0.39 is 24.1 Å². The summed E-state index contributed by atoms with van der Waals surface area (Å²) in [6, 6.07) is 9.15. The third kappa shape index (κ3) is 3.24. The Kier molecular flexibility index (Phi) is 4.08. The summed E-state index contributed by atoms with van der Waals surface area (Å²) in [5, 5.41) is 12.8. The molecule has 1 saturated carbocycles. The third-order valence-electron chi connectivity index (χ3n) is 3.95. The van der Waals surface area contributed by atoms with Gasteiger partial charge in [-0.3, -0.25) is 0 Å². The average molecular weight is 307 g/mol. The monoisotopic (exact) mass is 307 g/mol. The Labute approximate surface area is 129 Å². The molecule has 2 N–H and O–H groups in total. The number of hydrogen-bond acceptors (Lipinski definition) is 5. The van der Waals surface area contributed by atoms with Crippen LogP contribution in [0.15, 0.2) is 30.3 Å². The highest BCUT2D eigenvalue weighted by Crippen LogP contribution is 2.38. The van der Waals surface area contributed by atoms with Gasteiger partial charge in [-0.15, -0.1) is 0 Å². The van der Waals surface area contributed by atoms with Crippen molar-refractivity contribution in [2.24, 2.45) is 0 Å². The van der Waals surface area contributed by atoms with Gasteiger partial charge in [0.15, 0.2) is 5.79 Å². The first kappa shape index (κ1) is 15.3. The van der Waals surface area contributed by atoms with Gasteiger partial charge in [0.1, 0.15) is 18.8 Å². The fraction of sp³-hybridized carbons (Fsp3) is 0.562. The van der Waals surface area contributed by atoms with Gasteiger partial charge in [0.05, 0.1) is 12.1 Å². The van der Waals surface area contributed by atoms with Crippen molar-refractivity contribution in [2.75, 3.05) is 0 Å². The van der Waals surface area contributed by atoms with Gasteiger partial charge >= 0.3 is 6.09 Å². The molecule has 1 aliphatic heterocycles. The number of nitrogens with one attached hydrogen (secondary N) is 1. The van der Waals surface area contributed by atoms with Crippen molar-refractivity contribution >= 4 is 6.09 Å². The molecule has 1 heterocycles. The lowest BCUT2D eigenvalue weighted by molar-refractivity contribution is -0.163. The lowest BCUT2D eigenvalue weighted by Gasteiger charge is -2.22. The van der Waals surface area contributed by atoms with Crippen LogP contribution in [0.4, 0.5) is 4.79 Å². The predicted octanol–water partition coefficient (Wildman–Crippen LogP) is 1.57. The number of carbonyl (C=O) groups is 1. The van der Waals surface area contributed by atoms with E-state index in [4.69, 9.17) is 14.2 Å². The smallest absolute Gasteiger partial charge is 0.407 e. The number of benzene rings is 1. The largest absolute Gasteiger partial charge is 0.445 e. The van der Waals surface area contributed by atoms with E-state index in [2.05, 4.69) is 5.32 Å². The molecule has 3 rings (SSSR count). The first-order valence-corrected chi connectivity index (χ1v) is 7.45. The van der Waals surface area contributed by atoms with E-state index in [1.807, 2.05) is 30.3 Å². The number of aliphatic hydroxyl groups is 1. The Morgan fingerprint density at radius 1 is 1.32 bits per heavy atom. The molecule has 0 aromatic heterocycles. The molecule has 0 radical (unpaired) electrons. The molecular weight excluding hydrogens is 286 g/mol. The van der Waals surface area contributed by atoms with E-state index in [-0.39, 0.29) is 18.8 Å². The van der Waals surface area contributed by atoms with Crippen LogP contribution < -0.4 is 5.32 Å². The van der Waals surface area contributed by atoms with Crippen LogP contribution in [-0.2, 0) is 20.8 Å². The molecule has 6 heteroatoms. The molecule has 1 aromatic rings. The van der Waals surface area contributed by atoms with Crippen molar-refractivity contribution in [3.8, 4) is 0 Å². The topological polar surface area (TPSA) is 77.0 Å². The van der Waals surface area contributed by atoms with E-state index >= 15 is 0 Å². The first-order valence-electron chi connectivity index (χ1n) is 7.45. The second-order valence-electron chi connectivity index (χ2n) is 6.18. The van der Waals surface area contributed by atoms with Crippen LogP contribution in [-0.4, -0.2) is 41.3 Å². The molecule has 2 fully saturated rings. The van der Waals surface area contributed by atoms with Crippen LogP contribution in [0.2, 0.25) is 0 Å². The van der Waals surface area contributed by atoms with Crippen molar-refractivity contribution in [2.45, 2.75) is 57.0 Å². The van der Waals surface area contributed by atoms with E-state index in [9.17, 15) is 9.90 Å². The zero-order valence-electron chi connectivity index (χ0n) is 12.7. The van der Waals surface area contributed by atoms with E-state index in [1.165, 1.54) is 0 Å². The summed E-state index contributed by atoms with van der Waals surface area (Å²) >= 11 is 0. The van der Waals surface area contributed by atoms with Gasteiger partial charge in [0.25, 0.3) is 0 Å². The maximum atomic E-state index is 11.9. The highest BCUT2D eigenvalue weighted by Gasteiger charge is 2.54. The molecule has 1 saturated heterocycles. The van der Waals surface area contributed by atoms with Gasteiger partial charge < -0.3 is 24.6 Å². The van der Waals surface area contributed by atoms with Gasteiger partial charge in [-0.2, -0.15) is 0 Å². The number of ether oxygens (including phenoxy) is 3. The molecule has 2 aliphatic rings. The zero-order valence-corrected chi connectivity index (χ0v) is 12.7. The van der Waals surface area contributed by atoms with Gasteiger partial charge in [-0.25, -0.2) is 4.79 Å². The van der Waals surface area contributed by atoms with Crippen LogP contribution in [0.5, 0.6) is 0 Å². The van der Waals surface area contributed by atoms with Crippen LogP contribution in [0, 0.1) is 0 Å². The highest BCUT2D eigenvalue weighted by atomic mass is 16.8. The molecule has 1 aliphatic carbocycles. The number of rotatable bonds is 3. The van der Waals surface area contributed by atoms with Crippen molar-refractivity contribution in [3.63, 3.8) is 0 Å². The molecule has 1 aromatic carbocycles. The number of hydrogen-bond donors (Lipinski definition) is 2. The molecule has 6 nitrogen and oxygen atoms in total. The predicted molar refractivity (Wildman–Crippen MR) is 78.0 cm³/mol. The van der Waals surface area contributed by atoms with E-state index in [0.717, 1.165) is 5.56 Å². The number of carbonyl (C=O) groups excluding carboxylic acids is 1. The molecule has 1 unspecified atom stereocenters. The normalized spacial score (nSPS) is 32.5. The molecule has 120 valence electrons. The highest BCUT2D eigenvalue weighted by molar-refractivity contribution is 5.67. The Morgan fingerprint density at radius 3 is 2.73 bits per heavy atom. The number of alkyl carbamates (subject to hydrolysis) is 1. The minimum atomic E-state index is -0.745. The lowest BCUT2D eigenvalue weighted by atomic mass is 10.2. The zero-order chi connectivity index (χ0) is 15.7. The van der Waals surface area contributed by atoms with Gasteiger partial charge in [0, 0.05) is 0 Å². The van der Waals surface area contributed by atoms with Crippen LogP contribution in [0.25, 0.3) is 0 Å². The SMILES string of the molecule is CC1(C)O[C@@H]2[C@@H](O)CC(NC(=O)OCc3ccccc3)[C@@H]2O1. The van der Waals surface area contributed by atoms with Gasteiger partial charge in [-0.1, -0.05) is 30.3 Å². The number of aliphatic hydroxyl groups excluding tert-OH is 1. The average Bonchev–Trinajstić information content (AvgIpc) is 2.93. The fourth-order valence-corrected chi connectivity index (χ4v) is 3.01. The maximum absolute atomic E-state index is 11.9. The molecule has 4 atom stereocenters. The van der Waals surface area contributed by atoms with Crippen LogP contribution in [0.1, 0.15) is 25.8 Å². The fourth-order valence-electron chi connectivity index (χ4n) is 3.01. The molecule has 22 heavy (non-hydrogen) atoms. The van der Waals surface area contributed by atoms with Crippen LogP contribution in [0.3, 0.4) is 0 Å². The Hall–Kier alpha value is -1.63. The standard InChI is InChI=1S/C16H21NO5/c1-16(2)21-13-11(8-12(18)14(13)22-16)17-15(19)20-9-10-6-4-3-5-7-10/h3-7,11-14,18H,8-9H2,1-2H3,(H,17,19)/t11?,12-,13-,14+/m0/s1. The summed E-state index contributed by atoms with van der Waals surface area (Å²) in [7, 11) is 0. The van der Waals surface area contributed by atoms with Crippen molar-refractivity contribution in [3.05, 3.63) is 35.9 Å². The second kappa shape index (κ2) is 5.87. The van der Waals surface area contributed by atoms with Crippen molar-refractivity contribution < 1.29 is 24.1 Å². The summed E-state index contributed by atoms with van der Waals surface area (Å²) in [6.07, 6.45) is -1.53. The van der Waals surface area contributed by atoms with Gasteiger partial charge in [-0.05, 0) is 25.8 Å². The first-order chi connectivity index (χ1) is 10.4. The number of fused-ring (bicyclic) bond motifs is 1. The molecule has 1 amide bonds. The molecular formula is C16H21NO5. The quantitative estimate of drug-likeness (QED) is 0.886. The van der Waals surface area contributed by atoms with E-state index in [0.29, 0.717) is 6.42 Å². The summed E-state index contributed by atoms with van der Waals surface area (Å²) in [4.78, 5) is 11.9.